The third-order valence-corrected chi connectivity index (χ3v) is 5.12. The van der Waals surface area contributed by atoms with Crippen molar-refractivity contribution in [2.24, 2.45) is 0 Å². The second kappa shape index (κ2) is 6.00. The molecule has 0 bridgehead atoms. The summed E-state index contributed by atoms with van der Waals surface area (Å²) in [5.74, 6) is 1.49. The Balaban J connectivity index is 1.76. The highest BCUT2D eigenvalue weighted by Crippen LogP contribution is 2.44. The number of hydrogen-bond acceptors (Lipinski definition) is 2. The first-order chi connectivity index (χ1) is 10.1. The van der Waals surface area contributed by atoms with E-state index in [0.717, 1.165) is 5.92 Å². The van der Waals surface area contributed by atoms with Crippen molar-refractivity contribution in [1.82, 2.24) is 4.90 Å². The van der Waals surface area contributed by atoms with Crippen molar-refractivity contribution in [2.75, 3.05) is 31.1 Å². The number of rotatable bonds is 4. The first-order valence-corrected chi connectivity index (χ1v) is 8.69. The third kappa shape index (κ3) is 3.26. The van der Waals surface area contributed by atoms with Crippen LogP contribution in [0.1, 0.15) is 63.5 Å². The lowest BCUT2D eigenvalue weighted by Gasteiger charge is -2.38. The van der Waals surface area contributed by atoms with Gasteiger partial charge in [-0.25, -0.2) is 0 Å². The van der Waals surface area contributed by atoms with Crippen LogP contribution in [0.25, 0.3) is 0 Å². The van der Waals surface area contributed by atoms with Crippen LogP contribution < -0.4 is 4.90 Å². The lowest BCUT2D eigenvalue weighted by Crippen LogP contribution is -2.48. The van der Waals surface area contributed by atoms with Crippen LogP contribution in [0.3, 0.4) is 0 Å². The Hall–Kier alpha value is -1.02. The van der Waals surface area contributed by atoms with E-state index in [1.54, 1.807) is 11.1 Å². The number of piperazine rings is 1. The molecular formula is C19H30N2. The molecule has 2 fully saturated rings. The number of hydrogen-bond donors (Lipinski definition) is 0. The largest absolute Gasteiger partial charge is 0.369 e. The molecule has 0 N–H and O–H groups in total. The van der Waals surface area contributed by atoms with E-state index in [0.29, 0.717) is 12.0 Å². The molecule has 2 nitrogen and oxygen atoms in total. The van der Waals surface area contributed by atoms with Crippen LogP contribution >= 0.6 is 0 Å². The Labute approximate surface area is 130 Å². The second-order valence-corrected chi connectivity index (χ2v) is 7.36. The zero-order chi connectivity index (χ0) is 15.0. The van der Waals surface area contributed by atoms with Gasteiger partial charge in [0.2, 0.25) is 0 Å². The SMILES string of the molecule is CC(C)c1ccc(N2CCN(C(C)C)CC2)cc1C1CC1. The molecule has 116 valence electrons. The summed E-state index contributed by atoms with van der Waals surface area (Å²) in [5, 5.41) is 0. The maximum Gasteiger partial charge on any atom is 0.0370 e. The fourth-order valence-electron chi connectivity index (χ4n) is 3.53. The van der Waals surface area contributed by atoms with Gasteiger partial charge < -0.3 is 4.90 Å². The maximum atomic E-state index is 2.58. The van der Waals surface area contributed by atoms with E-state index in [1.165, 1.54) is 44.7 Å². The summed E-state index contributed by atoms with van der Waals surface area (Å²) >= 11 is 0. The van der Waals surface area contributed by atoms with E-state index in [2.05, 4.69) is 55.7 Å². The molecule has 2 heteroatoms. The Morgan fingerprint density at radius 3 is 2.14 bits per heavy atom. The van der Waals surface area contributed by atoms with Crippen LogP contribution in [0, 0.1) is 0 Å². The van der Waals surface area contributed by atoms with Crippen molar-refractivity contribution >= 4 is 5.69 Å². The van der Waals surface area contributed by atoms with Crippen molar-refractivity contribution in [1.29, 1.82) is 0 Å². The molecule has 1 heterocycles. The zero-order valence-corrected chi connectivity index (χ0v) is 14.1. The van der Waals surface area contributed by atoms with Gasteiger partial charge in [-0.1, -0.05) is 19.9 Å². The highest BCUT2D eigenvalue weighted by atomic mass is 15.3. The molecule has 1 aromatic carbocycles. The normalized spacial score (nSPS) is 20.6. The van der Waals surface area contributed by atoms with Crippen LogP contribution in [0.15, 0.2) is 18.2 Å². The topological polar surface area (TPSA) is 6.48 Å². The molecular weight excluding hydrogens is 256 g/mol. The van der Waals surface area contributed by atoms with Crippen molar-refractivity contribution in [3.8, 4) is 0 Å². The number of benzene rings is 1. The van der Waals surface area contributed by atoms with Crippen LogP contribution in [-0.4, -0.2) is 37.1 Å². The standard InChI is InChI=1S/C19H30N2/c1-14(2)18-8-7-17(13-19(18)16-5-6-16)21-11-9-20(10-12-21)15(3)4/h7-8,13-16H,5-6,9-12H2,1-4H3. The molecule has 0 radical (unpaired) electrons. The maximum absolute atomic E-state index is 2.58. The lowest BCUT2D eigenvalue weighted by molar-refractivity contribution is 0.209. The molecule has 1 aliphatic carbocycles. The molecule has 0 spiro atoms. The second-order valence-electron chi connectivity index (χ2n) is 7.36. The van der Waals surface area contributed by atoms with Gasteiger partial charge in [0.1, 0.15) is 0 Å². The average molecular weight is 286 g/mol. The smallest absolute Gasteiger partial charge is 0.0370 e. The van der Waals surface area contributed by atoms with Gasteiger partial charge in [-0.15, -0.1) is 0 Å². The first-order valence-electron chi connectivity index (χ1n) is 8.69. The molecule has 1 saturated heterocycles. The predicted molar refractivity (Wildman–Crippen MR) is 91.4 cm³/mol. The summed E-state index contributed by atoms with van der Waals surface area (Å²) in [4.78, 5) is 5.16. The quantitative estimate of drug-likeness (QED) is 0.818. The highest BCUT2D eigenvalue weighted by molar-refractivity contribution is 5.53. The first kappa shape index (κ1) is 14.9. The minimum Gasteiger partial charge on any atom is -0.369 e. The minimum atomic E-state index is 0.646. The molecule has 1 saturated carbocycles. The van der Waals surface area contributed by atoms with Crippen molar-refractivity contribution in [3.05, 3.63) is 29.3 Å². The van der Waals surface area contributed by atoms with Gasteiger partial charge in [0.15, 0.2) is 0 Å². The van der Waals surface area contributed by atoms with E-state index in [4.69, 9.17) is 0 Å². The third-order valence-electron chi connectivity index (χ3n) is 5.12. The van der Waals surface area contributed by atoms with Crippen LogP contribution in [0.5, 0.6) is 0 Å². The summed E-state index contributed by atoms with van der Waals surface area (Å²) in [6, 6.07) is 7.92. The summed E-state index contributed by atoms with van der Waals surface area (Å²) in [6.07, 6.45) is 2.79. The Morgan fingerprint density at radius 2 is 1.62 bits per heavy atom. The Kier molecular flexibility index (Phi) is 4.26. The van der Waals surface area contributed by atoms with E-state index < -0.39 is 0 Å². The van der Waals surface area contributed by atoms with Gasteiger partial charge >= 0.3 is 0 Å². The number of anilines is 1. The molecule has 1 aromatic rings. The predicted octanol–water partition coefficient (Wildman–Crippen LogP) is 4.22. The van der Waals surface area contributed by atoms with Crippen LogP contribution in [0.4, 0.5) is 5.69 Å². The highest BCUT2D eigenvalue weighted by Gasteiger charge is 2.28. The molecule has 1 aliphatic heterocycles. The minimum absolute atomic E-state index is 0.646. The van der Waals surface area contributed by atoms with Crippen molar-refractivity contribution < 1.29 is 0 Å². The van der Waals surface area contributed by atoms with E-state index >= 15 is 0 Å². The van der Waals surface area contributed by atoms with Gasteiger partial charge in [-0.05, 0) is 61.8 Å². The molecule has 0 unspecified atom stereocenters. The van der Waals surface area contributed by atoms with Gasteiger partial charge in [-0.2, -0.15) is 0 Å². The summed E-state index contributed by atoms with van der Waals surface area (Å²) in [5.41, 5.74) is 4.65. The van der Waals surface area contributed by atoms with Crippen molar-refractivity contribution in [3.63, 3.8) is 0 Å². The van der Waals surface area contributed by atoms with Gasteiger partial charge in [0.05, 0.1) is 0 Å². The average Bonchev–Trinajstić information content (AvgIpc) is 3.31. The van der Waals surface area contributed by atoms with Gasteiger partial charge in [0.25, 0.3) is 0 Å². The van der Waals surface area contributed by atoms with Gasteiger partial charge in [-0.3, -0.25) is 4.90 Å². The fraction of sp³-hybridized carbons (Fsp3) is 0.684. The van der Waals surface area contributed by atoms with Crippen LogP contribution in [0.2, 0.25) is 0 Å². The van der Waals surface area contributed by atoms with E-state index in [9.17, 15) is 0 Å². The zero-order valence-electron chi connectivity index (χ0n) is 14.1. The van der Waals surface area contributed by atoms with E-state index in [1.807, 2.05) is 0 Å². The van der Waals surface area contributed by atoms with E-state index in [-0.39, 0.29) is 0 Å². The molecule has 0 amide bonds. The lowest BCUT2D eigenvalue weighted by atomic mass is 9.93. The van der Waals surface area contributed by atoms with Crippen LogP contribution in [-0.2, 0) is 0 Å². The Morgan fingerprint density at radius 1 is 0.952 bits per heavy atom. The fourth-order valence-corrected chi connectivity index (χ4v) is 3.53. The summed E-state index contributed by atoms with van der Waals surface area (Å²) < 4.78 is 0. The Bertz CT molecular complexity index is 480. The van der Waals surface area contributed by atoms with Gasteiger partial charge in [0, 0.05) is 37.9 Å². The monoisotopic (exact) mass is 286 g/mol. The molecule has 21 heavy (non-hydrogen) atoms. The van der Waals surface area contributed by atoms with Crippen molar-refractivity contribution in [2.45, 2.75) is 58.4 Å². The molecule has 0 atom stereocenters. The number of nitrogens with zero attached hydrogens (tertiary/aromatic N) is 2. The molecule has 0 aromatic heterocycles. The molecule has 3 rings (SSSR count). The summed E-state index contributed by atoms with van der Waals surface area (Å²) in [6.45, 7) is 14.0. The summed E-state index contributed by atoms with van der Waals surface area (Å²) in [7, 11) is 0. The molecule has 2 aliphatic rings.